The maximum atomic E-state index is 13.2. The van der Waals surface area contributed by atoms with Crippen LogP contribution in [0.2, 0.25) is 0 Å². The number of carbonyl (C=O) groups is 1. The SMILES string of the molecule is Cl.N#CC1CCCN1C(=O)CNC1CC2CC(O)(c3ccc(F)cc3)CC2C1. The average Bonchev–Trinajstić information content (AvgIpc) is 3.33. The van der Waals surface area contributed by atoms with Gasteiger partial charge in [0.15, 0.2) is 0 Å². The highest BCUT2D eigenvalue weighted by Crippen LogP contribution is 2.52. The van der Waals surface area contributed by atoms with Crippen LogP contribution in [-0.2, 0) is 10.4 Å². The number of aliphatic hydroxyl groups is 1. The van der Waals surface area contributed by atoms with Crippen molar-refractivity contribution in [2.45, 2.75) is 56.2 Å². The smallest absolute Gasteiger partial charge is 0.237 e. The van der Waals surface area contributed by atoms with Crippen LogP contribution in [0.5, 0.6) is 0 Å². The van der Waals surface area contributed by atoms with E-state index in [4.69, 9.17) is 5.26 Å². The number of benzene rings is 1. The largest absolute Gasteiger partial charge is 0.385 e. The van der Waals surface area contributed by atoms with Gasteiger partial charge in [0.2, 0.25) is 5.91 Å². The molecule has 1 aromatic rings. The molecule has 1 aromatic carbocycles. The molecule has 0 spiro atoms. The minimum Gasteiger partial charge on any atom is -0.385 e. The summed E-state index contributed by atoms with van der Waals surface area (Å²) in [6, 6.07) is 8.41. The van der Waals surface area contributed by atoms with Gasteiger partial charge in [0.05, 0.1) is 18.2 Å². The number of carbonyl (C=O) groups excluding carboxylic acids is 1. The Bertz CT molecular complexity index is 737. The molecule has 0 bridgehead atoms. The second-order valence-electron chi connectivity index (χ2n) is 8.39. The van der Waals surface area contributed by atoms with Gasteiger partial charge in [-0.25, -0.2) is 4.39 Å². The first kappa shape index (κ1) is 21.0. The second kappa shape index (κ2) is 8.36. The molecule has 1 saturated heterocycles. The summed E-state index contributed by atoms with van der Waals surface area (Å²) in [4.78, 5) is 14.1. The summed E-state index contributed by atoms with van der Waals surface area (Å²) in [6.45, 7) is 0.962. The maximum Gasteiger partial charge on any atom is 0.237 e. The first-order chi connectivity index (χ1) is 13.0. The Morgan fingerprint density at radius 1 is 1.29 bits per heavy atom. The number of nitrogens with zero attached hydrogens (tertiary/aromatic N) is 2. The summed E-state index contributed by atoms with van der Waals surface area (Å²) < 4.78 is 13.2. The van der Waals surface area contributed by atoms with Crippen LogP contribution >= 0.6 is 12.4 Å². The van der Waals surface area contributed by atoms with Crippen LogP contribution in [0.3, 0.4) is 0 Å². The van der Waals surface area contributed by atoms with Gasteiger partial charge in [-0.3, -0.25) is 4.79 Å². The zero-order valence-corrected chi connectivity index (χ0v) is 16.6. The average molecular weight is 408 g/mol. The Labute approximate surface area is 171 Å². The molecule has 2 aliphatic carbocycles. The van der Waals surface area contributed by atoms with Gasteiger partial charge in [0, 0.05) is 12.6 Å². The lowest BCUT2D eigenvalue weighted by molar-refractivity contribution is -0.130. The summed E-state index contributed by atoms with van der Waals surface area (Å²) in [5.74, 6) is 0.572. The van der Waals surface area contributed by atoms with E-state index in [0.29, 0.717) is 31.2 Å². The van der Waals surface area contributed by atoms with E-state index in [2.05, 4.69) is 11.4 Å². The fourth-order valence-electron chi connectivity index (χ4n) is 5.36. The van der Waals surface area contributed by atoms with Crippen LogP contribution in [0.25, 0.3) is 0 Å². The van der Waals surface area contributed by atoms with Crippen molar-refractivity contribution >= 4 is 18.3 Å². The van der Waals surface area contributed by atoms with Crippen molar-refractivity contribution in [3.05, 3.63) is 35.6 Å². The van der Waals surface area contributed by atoms with Crippen molar-refractivity contribution in [3.8, 4) is 6.07 Å². The molecule has 1 aliphatic heterocycles. The van der Waals surface area contributed by atoms with Gasteiger partial charge in [0.1, 0.15) is 11.9 Å². The zero-order valence-electron chi connectivity index (χ0n) is 15.8. The number of nitrogens with one attached hydrogen (secondary N) is 1. The van der Waals surface area contributed by atoms with Crippen LogP contribution in [0.4, 0.5) is 4.39 Å². The highest BCUT2D eigenvalue weighted by Gasteiger charge is 2.49. The minimum atomic E-state index is -0.862. The highest BCUT2D eigenvalue weighted by molar-refractivity contribution is 5.85. The van der Waals surface area contributed by atoms with E-state index in [1.807, 2.05) is 0 Å². The fourth-order valence-corrected chi connectivity index (χ4v) is 5.36. The molecule has 3 fully saturated rings. The number of hydrogen-bond donors (Lipinski definition) is 2. The second-order valence-corrected chi connectivity index (χ2v) is 8.39. The van der Waals surface area contributed by atoms with Gasteiger partial charge in [-0.1, -0.05) is 12.1 Å². The van der Waals surface area contributed by atoms with Crippen LogP contribution < -0.4 is 5.32 Å². The molecule has 3 aliphatic rings. The fraction of sp³-hybridized carbons (Fsp3) is 0.619. The van der Waals surface area contributed by atoms with E-state index in [-0.39, 0.29) is 42.8 Å². The Kier molecular flexibility index (Phi) is 6.28. The van der Waals surface area contributed by atoms with Gasteiger partial charge in [-0.05, 0) is 68.1 Å². The Hall–Kier alpha value is -1.68. The van der Waals surface area contributed by atoms with E-state index in [9.17, 15) is 14.3 Å². The highest BCUT2D eigenvalue weighted by atomic mass is 35.5. The van der Waals surface area contributed by atoms with Crippen LogP contribution in [0.15, 0.2) is 24.3 Å². The third-order valence-corrected chi connectivity index (χ3v) is 6.69. The number of fused-ring (bicyclic) bond motifs is 1. The maximum absolute atomic E-state index is 13.2. The van der Waals surface area contributed by atoms with Crippen molar-refractivity contribution in [2.24, 2.45) is 11.8 Å². The molecule has 5 nitrogen and oxygen atoms in total. The van der Waals surface area contributed by atoms with E-state index in [1.54, 1.807) is 17.0 Å². The molecule has 2 N–H and O–H groups in total. The summed E-state index contributed by atoms with van der Waals surface area (Å²) in [5.41, 5.74) is -0.0612. The van der Waals surface area contributed by atoms with Gasteiger partial charge >= 0.3 is 0 Å². The van der Waals surface area contributed by atoms with Gasteiger partial charge in [-0.15, -0.1) is 12.4 Å². The van der Waals surface area contributed by atoms with Crippen LogP contribution in [-0.4, -0.2) is 41.1 Å². The van der Waals surface area contributed by atoms with Gasteiger partial charge in [0.25, 0.3) is 0 Å². The van der Waals surface area contributed by atoms with Gasteiger partial charge in [-0.2, -0.15) is 5.26 Å². The quantitative estimate of drug-likeness (QED) is 0.804. The number of rotatable bonds is 4. The zero-order chi connectivity index (χ0) is 19.0. The third kappa shape index (κ3) is 4.03. The lowest BCUT2D eigenvalue weighted by Gasteiger charge is -2.26. The summed E-state index contributed by atoms with van der Waals surface area (Å²) in [7, 11) is 0. The van der Waals surface area contributed by atoms with E-state index in [0.717, 1.165) is 31.2 Å². The van der Waals surface area contributed by atoms with Crippen molar-refractivity contribution in [2.75, 3.05) is 13.1 Å². The first-order valence-corrected chi connectivity index (χ1v) is 9.89. The molecule has 152 valence electrons. The molecule has 0 radical (unpaired) electrons. The Morgan fingerprint density at radius 3 is 2.54 bits per heavy atom. The molecule has 2 saturated carbocycles. The number of halogens is 2. The third-order valence-electron chi connectivity index (χ3n) is 6.69. The normalized spacial score (nSPS) is 34.0. The van der Waals surface area contributed by atoms with Gasteiger partial charge < -0.3 is 15.3 Å². The number of likely N-dealkylation sites (tertiary alicyclic amines) is 1. The lowest BCUT2D eigenvalue weighted by atomic mass is 9.89. The predicted octanol–water partition coefficient (Wildman–Crippen LogP) is 2.73. The molecular weight excluding hydrogens is 381 g/mol. The molecular formula is C21H27ClFN3O2. The minimum absolute atomic E-state index is 0. The monoisotopic (exact) mass is 407 g/mol. The first-order valence-electron chi connectivity index (χ1n) is 9.89. The molecule has 3 unspecified atom stereocenters. The summed E-state index contributed by atoms with van der Waals surface area (Å²) >= 11 is 0. The number of nitriles is 1. The van der Waals surface area contributed by atoms with Crippen molar-refractivity contribution in [1.82, 2.24) is 10.2 Å². The van der Waals surface area contributed by atoms with E-state index in [1.165, 1.54) is 12.1 Å². The number of amides is 1. The molecule has 4 rings (SSSR count). The lowest BCUT2D eigenvalue weighted by Crippen LogP contribution is -2.43. The van der Waals surface area contributed by atoms with E-state index >= 15 is 0 Å². The van der Waals surface area contributed by atoms with Crippen molar-refractivity contribution in [3.63, 3.8) is 0 Å². The molecule has 0 aromatic heterocycles. The van der Waals surface area contributed by atoms with E-state index < -0.39 is 5.60 Å². The van der Waals surface area contributed by atoms with Crippen molar-refractivity contribution in [1.29, 1.82) is 5.26 Å². The standard InChI is InChI=1S/C21H26FN3O2.ClH/c22-17-5-3-16(4-6-17)21(27)10-14-8-18(9-15(14)11-21)24-13-20(26)25-7-1-2-19(25)12-23;/h3-6,14-15,18-19,24,27H,1-2,7-11,13H2;1H. The molecule has 3 atom stereocenters. The van der Waals surface area contributed by atoms with Crippen LogP contribution in [0, 0.1) is 29.0 Å². The Balaban J connectivity index is 0.00000225. The predicted molar refractivity (Wildman–Crippen MR) is 105 cm³/mol. The van der Waals surface area contributed by atoms with Crippen molar-refractivity contribution < 1.29 is 14.3 Å². The summed E-state index contributed by atoms with van der Waals surface area (Å²) in [5, 5.41) is 23.5. The molecule has 7 heteroatoms. The molecule has 1 amide bonds. The number of hydrogen-bond acceptors (Lipinski definition) is 4. The molecule has 28 heavy (non-hydrogen) atoms. The summed E-state index contributed by atoms with van der Waals surface area (Å²) in [6.07, 6.45) is 4.96. The Morgan fingerprint density at radius 2 is 1.93 bits per heavy atom. The topological polar surface area (TPSA) is 76.4 Å². The molecule has 1 heterocycles. The van der Waals surface area contributed by atoms with Crippen LogP contribution in [0.1, 0.15) is 44.1 Å².